The van der Waals surface area contributed by atoms with E-state index >= 15 is 0 Å². The van der Waals surface area contributed by atoms with Gasteiger partial charge in [0, 0.05) is 12.1 Å². The van der Waals surface area contributed by atoms with Gasteiger partial charge >= 0.3 is 6.03 Å². The molecule has 0 aliphatic rings. The van der Waals surface area contributed by atoms with Crippen molar-refractivity contribution < 1.29 is 4.79 Å². The second kappa shape index (κ2) is 5.01. The maximum Gasteiger partial charge on any atom is 0.332 e. The molecule has 0 fully saturated rings. The summed E-state index contributed by atoms with van der Waals surface area (Å²) in [6.07, 6.45) is 0.709. The van der Waals surface area contributed by atoms with Crippen molar-refractivity contribution in [1.29, 1.82) is 0 Å². The number of nitrogens with one attached hydrogen (secondary N) is 1. The normalized spacial score (nSPS) is 11.1. The maximum atomic E-state index is 10.4. The number of nitrogens with two attached hydrogens (primary N) is 1. The van der Waals surface area contributed by atoms with Crippen molar-refractivity contribution in [1.82, 2.24) is 5.43 Å². The Hall–Kier alpha value is -1.84. The monoisotopic (exact) mass is 191 g/mol. The number of hydrogen-bond donors (Lipinski definition) is 2. The van der Waals surface area contributed by atoms with Crippen LogP contribution in [0, 0.1) is 0 Å². The quantitative estimate of drug-likeness (QED) is 0.548. The predicted molar refractivity (Wildman–Crippen MR) is 56.0 cm³/mol. The van der Waals surface area contributed by atoms with Gasteiger partial charge in [-0.05, 0) is 12.5 Å². The van der Waals surface area contributed by atoms with Gasteiger partial charge in [-0.1, -0.05) is 30.3 Å². The third kappa shape index (κ3) is 3.71. The smallest absolute Gasteiger partial charge is 0.332 e. The molecule has 0 aliphatic carbocycles. The maximum absolute atomic E-state index is 10.4. The van der Waals surface area contributed by atoms with Crippen molar-refractivity contribution in [2.45, 2.75) is 13.3 Å². The van der Waals surface area contributed by atoms with Gasteiger partial charge < -0.3 is 5.73 Å². The Kier molecular flexibility index (Phi) is 3.67. The van der Waals surface area contributed by atoms with Crippen LogP contribution in [0.25, 0.3) is 0 Å². The van der Waals surface area contributed by atoms with E-state index in [2.05, 4.69) is 10.5 Å². The van der Waals surface area contributed by atoms with Crippen molar-refractivity contribution in [2.24, 2.45) is 10.8 Å². The fraction of sp³-hybridized carbons (Fsp3) is 0.200. The number of rotatable bonds is 3. The molecule has 1 aromatic rings. The fourth-order valence-electron chi connectivity index (χ4n) is 1.08. The number of hydrogen-bond acceptors (Lipinski definition) is 2. The molecule has 4 heteroatoms. The molecule has 14 heavy (non-hydrogen) atoms. The third-order valence-electron chi connectivity index (χ3n) is 1.66. The summed E-state index contributed by atoms with van der Waals surface area (Å²) in [5.74, 6) is 0. The molecule has 0 spiro atoms. The van der Waals surface area contributed by atoms with Gasteiger partial charge in [0.2, 0.25) is 0 Å². The van der Waals surface area contributed by atoms with Crippen LogP contribution in [0.3, 0.4) is 0 Å². The molecular weight excluding hydrogens is 178 g/mol. The van der Waals surface area contributed by atoms with Crippen molar-refractivity contribution in [2.75, 3.05) is 0 Å². The molecule has 2 amide bonds. The molecule has 0 aliphatic heterocycles. The van der Waals surface area contributed by atoms with Crippen molar-refractivity contribution in [3.63, 3.8) is 0 Å². The van der Waals surface area contributed by atoms with Gasteiger partial charge in [-0.25, -0.2) is 10.2 Å². The lowest BCUT2D eigenvalue weighted by Crippen LogP contribution is -2.25. The number of benzene rings is 1. The molecule has 0 atom stereocenters. The minimum atomic E-state index is -0.641. The number of nitrogens with zero attached hydrogens (tertiary/aromatic N) is 1. The SMILES string of the molecule is C/C(Cc1ccccc1)=N/NC(N)=O. The Morgan fingerprint density at radius 1 is 1.43 bits per heavy atom. The molecule has 0 radical (unpaired) electrons. The summed E-state index contributed by atoms with van der Waals surface area (Å²) in [6, 6.07) is 9.25. The zero-order chi connectivity index (χ0) is 10.4. The second-order valence-electron chi connectivity index (χ2n) is 2.99. The Balaban J connectivity index is 2.53. The first-order chi connectivity index (χ1) is 6.68. The molecular formula is C10H13N3O. The summed E-state index contributed by atoms with van der Waals surface area (Å²) < 4.78 is 0. The molecule has 74 valence electrons. The zero-order valence-electron chi connectivity index (χ0n) is 8.03. The number of carbonyl (C=O) groups excluding carboxylic acids is 1. The minimum absolute atomic E-state index is 0.641. The molecule has 0 heterocycles. The first-order valence-electron chi connectivity index (χ1n) is 4.31. The van der Waals surface area contributed by atoms with Gasteiger partial charge in [-0.15, -0.1) is 0 Å². The van der Waals surface area contributed by atoms with Gasteiger partial charge in [0.1, 0.15) is 0 Å². The summed E-state index contributed by atoms with van der Waals surface area (Å²) in [5, 5.41) is 3.81. The Morgan fingerprint density at radius 3 is 2.64 bits per heavy atom. The summed E-state index contributed by atoms with van der Waals surface area (Å²) in [5.41, 5.74) is 9.04. The van der Waals surface area contributed by atoms with Crippen molar-refractivity contribution in [3.8, 4) is 0 Å². The second-order valence-corrected chi connectivity index (χ2v) is 2.99. The lowest BCUT2D eigenvalue weighted by atomic mass is 10.1. The van der Waals surface area contributed by atoms with Crippen LogP contribution in [0.2, 0.25) is 0 Å². The molecule has 1 aromatic carbocycles. The van der Waals surface area contributed by atoms with E-state index in [4.69, 9.17) is 5.73 Å². The number of hydrazone groups is 1. The Labute approximate surface area is 82.8 Å². The fourth-order valence-corrected chi connectivity index (χ4v) is 1.08. The van der Waals surface area contributed by atoms with Crippen LogP contribution in [0.5, 0.6) is 0 Å². The summed E-state index contributed by atoms with van der Waals surface area (Å²) in [6.45, 7) is 1.84. The van der Waals surface area contributed by atoms with Crippen LogP contribution in [-0.4, -0.2) is 11.7 Å². The first kappa shape index (κ1) is 10.2. The molecule has 4 nitrogen and oxygen atoms in total. The number of carbonyl (C=O) groups is 1. The molecule has 0 saturated carbocycles. The van der Waals surface area contributed by atoms with Crippen LogP contribution in [-0.2, 0) is 6.42 Å². The largest absolute Gasteiger partial charge is 0.350 e. The van der Waals surface area contributed by atoms with Crippen molar-refractivity contribution in [3.05, 3.63) is 35.9 Å². The third-order valence-corrected chi connectivity index (χ3v) is 1.66. The highest BCUT2D eigenvalue weighted by Crippen LogP contribution is 2.00. The number of amides is 2. The van der Waals surface area contributed by atoms with E-state index in [0.717, 1.165) is 11.3 Å². The molecule has 0 aromatic heterocycles. The molecule has 0 bridgehead atoms. The lowest BCUT2D eigenvalue weighted by molar-refractivity contribution is 0.249. The first-order valence-corrected chi connectivity index (χ1v) is 4.31. The van der Waals surface area contributed by atoms with E-state index < -0.39 is 6.03 Å². The van der Waals surface area contributed by atoms with Crippen molar-refractivity contribution >= 4 is 11.7 Å². The van der Waals surface area contributed by atoms with Gasteiger partial charge in [0.15, 0.2) is 0 Å². The molecule has 3 N–H and O–H groups in total. The van der Waals surface area contributed by atoms with Crippen LogP contribution < -0.4 is 11.2 Å². The van der Waals surface area contributed by atoms with E-state index in [1.807, 2.05) is 37.3 Å². The molecule has 1 rings (SSSR count). The molecule has 0 unspecified atom stereocenters. The van der Waals surface area contributed by atoms with E-state index in [0.29, 0.717) is 6.42 Å². The lowest BCUT2D eigenvalue weighted by Gasteiger charge is -2.00. The summed E-state index contributed by atoms with van der Waals surface area (Å²) in [7, 11) is 0. The highest BCUT2D eigenvalue weighted by Gasteiger charge is 1.95. The summed E-state index contributed by atoms with van der Waals surface area (Å²) in [4.78, 5) is 10.4. The molecule has 0 saturated heterocycles. The summed E-state index contributed by atoms with van der Waals surface area (Å²) >= 11 is 0. The van der Waals surface area contributed by atoms with Gasteiger partial charge in [0.05, 0.1) is 0 Å². The zero-order valence-corrected chi connectivity index (χ0v) is 8.03. The average Bonchev–Trinajstić information content (AvgIpc) is 2.16. The van der Waals surface area contributed by atoms with Crippen LogP contribution in [0.1, 0.15) is 12.5 Å². The Bertz CT molecular complexity index is 332. The van der Waals surface area contributed by atoms with Gasteiger partial charge in [-0.3, -0.25) is 0 Å². The van der Waals surface area contributed by atoms with E-state index in [1.165, 1.54) is 0 Å². The topological polar surface area (TPSA) is 67.5 Å². The van der Waals surface area contributed by atoms with Crippen LogP contribution in [0.4, 0.5) is 4.79 Å². The minimum Gasteiger partial charge on any atom is -0.350 e. The average molecular weight is 191 g/mol. The van der Waals surface area contributed by atoms with E-state index in [9.17, 15) is 4.79 Å². The number of urea groups is 1. The van der Waals surface area contributed by atoms with Gasteiger partial charge in [0.25, 0.3) is 0 Å². The van der Waals surface area contributed by atoms with E-state index in [1.54, 1.807) is 0 Å². The van der Waals surface area contributed by atoms with Crippen LogP contribution in [0.15, 0.2) is 35.4 Å². The standard InChI is InChI=1S/C10H13N3O/c1-8(12-13-10(11)14)7-9-5-3-2-4-6-9/h2-6H,7H2,1H3,(H3,11,13,14)/b12-8-. The highest BCUT2D eigenvalue weighted by molar-refractivity contribution is 5.85. The van der Waals surface area contributed by atoms with E-state index in [-0.39, 0.29) is 0 Å². The van der Waals surface area contributed by atoms with Crippen LogP contribution >= 0.6 is 0 Å². The predicted octanol–water partition coefficient (Wildman–Crippen LogP) is 1.27. The van der Waals surface area contributed by atoms with Gasteiger partial charge in [-0.2, -0.15) is 5.10 Å². The highest BCUT2D eigenvalue weighted by atomic mass is 16.2. The number of primary amides is 1. The Morgan fingerprint density at radius 2 is 2.07 bits per heavy atom.